The predicted molar refractivity (Wildman–Crippen MR) is 68.9 cm³/mol. The lowest BCUT2D eigenvalue weighted by molar-refractivity contribution is 0.0689. The van der Waals surface area contributed by atoms with Gasteiger partial charge in [-0.15, -0.1) is 10.2 Å². The molecule has 0 aliphatic heterocycles. The number of carbonyl (C=O) groups is 1. The fraction of sp³-hybridized carbons (Fsp3) is 0.615. The lowest BCUT2D eigenvalue weighted by Crippen LogP contribution is -2.37. The highest BCUT2D eigenvalue weighted by molar-refractivity contribution is 5.85. The van der Waals surface area contributed by atoms with Crippen molar-refractivity contribution in [3.05, 3.63) is 17.8 Å². The molecule has 0 amide bonds. The molecule has 0 unspecified atom stereocenters. The van der Waals surface area contributed by atoms with Gasteiger partial charge in [-0.1, -0.05) is 19.3 Å². The Hall–Kier alpha value is -1.65. The molecule has 2 rings (SSSR count). The Labute approximate surface area is 107 Å². The molecule has 1 aromatic heterocycles. The van der Waals surface area contributed by atoms with Gasteiger partial charge in [0.05, 0.1) is 0 Å². The van der Waals surface area contributed by atoms with Crippen LogP contribution in [0.2, 0.25) is 0 Å². The molecule has 0 radical (unpaired) electrons. The van der Waals surface area contributed by atoms with Crippen molar-refractivity contribution in [3.8, 4) is 0 Å². The number of rotatable bonds is 4. The highest BCUT2D eigenvalue weighted by atomic mass is 16.4. The summed E-state index contributed by atoms with van der Waals surface area (Å²) in [6.45, 7) is 2.98. The fourth-order valence-electron chi connectivity index (χ4n) is 2.59. The maximum atomic E-state index is 10.7. The number of hydrogen-bond donors (Lipinski definition) is 1. The van der Waals surface area contributed by atoms with Crippen LogP contribution in [-0.2, 0) is 0 Å². The Morgan fingerprint density at radius 3 is 2.56 bits per heavy atom. The Bertz CT molecular complexity index is 399. The first-order valence-electron chi connectivity index (χ1n) is 6.56. The molecule has 0 bridgehead atoms. The van der Waals surface area contributed by atoms with Gasteiger partial charge in [-0.25, -0.2) is 4.79 Å². The number of nitrogens with zero attached hydrogens (tertiary/aromatic N) is 3. The van der Waals surface area contributed by atoms with Crippen LogP contribution in [0, 0.1) is 0 Å². The number of hydrogen-bond acceptors (Lipinski definition) is 4. The van der Waals surface area contributed by atoms with Crippen molar-refractivity contribution in [2.45, 2.75) is 45.1 Å². The average Bonchev–Trinajstić information content (AvgIpc) is 2.41. The first-order valence-corrected chi connectivity index (χ1v) is 6.56. The maximum absolute atomic E-state index is 10.7. The van der Waals surface area contributed by atoms with Gasteiger partial charge in [0, 0.05) is 12.6 Å². The summed E-state index contributed by atoms with van der Waals surface area (Å²) < 4.78 is 0. The molecule has 1 fully saturated rings. The number of aromatic carboxylic acids is 1. The van der Waals surface area contributed by atoms with Crippen LogP contribution in [0.5, 0.6) is 0 Å². The van der Waals surface area contributed by atoms with Crippen molar-refractivity contribution in [2.75, 3.05) is 11.4 Å². The van der Waals surface area contributed by atoms with Crippen molar-refractivity contribution >= 4 is 11.8 Å². The van der Waals surface area contributed by atoms with Gasteiger partial charge in [-0.2, -0.15) is 0 Å². The maximum Gasteiger partial charge on any atom is 0.356 e. The van der Waals surface area contributed by atoms with E-state index in [1.807, 2.05) is 0 Å². The SMILES string of the molecule is CCN(c1ccc(C(=O)O)nn1)C1CCCCC1. The zero-order valence-electron chi connectivity index (χ0n) is 10.7. The van der Waals surface area contributed by atoms with E-state index < -0.39 is 5.97 Å². The van der Waals surface area contributed by atoms with Crippen LogP contribution in [-0.4, -0.2) is 33.9 Å². The molecule has 1 heterocycles. The van der Waals surface area contributed by atoms with Crippen LogP contribution in [0.25, 0.3) is 0 Å². The molecule has 5 nitrogen and oxygen atoms in total. The summed E-state index contributed by atoms with van der Waals surface area (Å²) in [7, 11) is 0. The van der Waals surface area contributed by atoms with Gasteiger partial charge in [0.2, 0.25) is 0 Å². The van der Waals surface area contributed by atoms with E-state index in [4.69, 9.17) is 5.11 Å². The molecule has 98 valence electrons. The summed E-state index contributed by atoms with van der Waals surface area (Å²) in [5.41, 5.74) is -0.00144. The molecule has 0 saturated heterocycles. The van der Waals surface area contributed by atoms with Crippen molar-refractivity contribution in [1.82, 2.24) is 10.2 Å². The van der Waals surface area contributed by atoms with E-state index in [9.17, 15) is 4.79 Å². The third-order valence-electron chi connectivity index (χ3n) is 3.52. The minimum atomic E-state index is -1.03. The molecular weight excluding hydrogens is 230 g/mol. The van der Waals surface area contributed by atoms with Crippen LogP contribution in [0.1, 0.15) is 49.5 Å². The van der Waals surface area contributed by atoms with E-state index in [-0.39, 0.29) is 5.69 Å². The summed E-state index contributed by atoms with van der Waals surface area (Å²) in [4.78, 5) is 13.0. The van der Waals surface area contributed by atoms with Crippen LogP contribution < -0.4 is 4.90 Å². The highest BCUT2D eigenvalue weighted by Gasteiger charge is 2.21. The molecule has 1 saturated carbocycles. The topological polar surface area (TPSA) is 66.3 Å². The van der Waals surface area contributed by atoms with Crippen LogP contribution in [0.3, 0.4) is 0 Å². The summed E-state index contributed by atoms with van der Waals surface area (Å²) >= 11 is 0. The summed E-state index contributed by atoms with van der Waals surface area (Å²) in [6.07, 6.45) is 6.23. The molecule has 1 aliphatic carbocycles. The lowest BCUT2D eigenvalue weighted by atomic mass is 9.94. The lowest BCUT2D eigenvalue weighted by Gasteiger charge is -2.34. The zero-order valence-corrected chi connectivity index (χ0v) is 10.7. The number of carboxylic acid groups (broad SMARTS) is 1. The van der Waals surface area contributed by atoms with Crippen molar-refractivity contribution in [1.29, 1.82) is 0 Å². The van der Waals surface area contributed by atoms with E-state index in [1.165, 1.54) is 38.2 Å². The molecule has 1 aliphatic rings. The third-order valence-corrected chi connectivity index (χ3v) is 3.52. The van der Waals surface area contributed by atoms with Crippen LogP contribution in [0.4, 0.5) is 5.82 Å². The fourth-order valence-corrected chi connectivity index (χ4v) is 2.59. The van der Waals surface area contributed by atoms with Gasteiger partial charge >= 0.3 is 5.97 Å². The molecule has 1 aromatic rings. The van der Waals surface area contributed by atoms with Crippen LogP contribution >= 0.6 is 0 Å². The van der Waals surface area contributed by atoms with E-state index in [0.717, 1.165) is 12.4 Å². The standard InChI is InChI=1S/C13H19N3O2/c1-2-16(10-6-4-3-5-7-10)12-9-8-11(13(17)18)14-15-12/h8-10H,2-7H2,1H3,(H,17,18). The molecule has 5 heteroatoms. The van der Waals surface area contributed by atoms with E-state index >= 15 is 0 Å². The second kappa shape index (κ2) is 5.80. The Kier molecular flexibility index (Phi) is 4.12. The van der Waals surface area contributed by atoms with Gasteiger partial charge in [0.1, 0.15) is 0 Å². The molecular formula is C13H19N3O2. The zero-order chi connectivity index (χ0) is 13.0. The minimum Gasteiger partial charge on any atom is -0.476 e. The van der Waals surface area contributed by atoms with Crippen molar-refractivity contribution in [3.63, 3.8) is 0 Å². The van der Waals surface area contributed by atoms with Gasteiger partial charge in [0.25, 0.3) is 0 Å². The first-order chi connectivity index (χ1) is 8.72. The van der Waals surface area contributed by atoms with Gasteiger partial charge in [0.15, 0.2) is 11.5 Å². The van der Waals surface area contributed by atoms with E-state index in [1.54, 1.807) is 6.07 Å². The molecule has 1 N–H and O–H groups in total. The Morgan fingerprint density at radius 1 is 1.33 bits per heavy atom. The van der Waals surface area contributed by atoms with Gasteiger partial charge in [-0.3, -0.25) is 0 Å². The van der Waals surface area contributed by atoms with Crippen molar-refractivity contribution in [2.24, 2.45) is 0 Å². The molecule has 0 spiro atoms. The van der Waals surface area contributed by atoms with Crippen molar-refractivity contribution < 1.29 is 9.90 Å². The smallest absolute Gasteiger partial charge is 0.356 e. The number of aromatic nitrogens is 2. The molecule has 18 heavy (non-hydrogen) atoms. The second-order valence-electron chi connectivity index (χ2n) is 4.66. The normalized spacial score (nSPS) is 16.5. The Morgan fingerprint density at radius 2 is 2.06 bits per heavy atom. The third kappa shape index (κ3) is 2.78. The summed E-state index contributed by atoms with van der Waals surface area (Å²) in [5.74, 6) is -0.246. The second-order valence-corrected chi connectivity index (χ2v) is 4.66. The quantitative estimate of drug-likeness (QED) is 0.887. The van der Waals surface area contributed by atoms with E-state index in [0.29, 0.717) is 6.04 Å². The average molecular weight is 249 g/mol. The Balaban J connectivity index is 2.13. The molecule has 0 aromatic carbocycles. The predicted octanol–water partition coefficient (Wildman–Crippen LogP) is 2.33. The van der Waals surface area contributed by atoms with Gasteiger partial charge < -0.3 is 10.0 Å². The van der Waals surface area contributed by atoms with Gasteiger partial charge in [-0.05, 0) is 31.9 Å². The highest BCUT2D eigenvalue weighted by Crippen LogP contribution is 2.25. The summed E-state index contributed by atoms with van der Waals surface area (Å²) in [6, 6.07) is 3.80. The molecule has 0 atom stereocenters. The number of anilines is 1. The monoisotopic (exact) mass is 249 g/mol. The number of carboxylic acids is 1. The summed E-state index contributed by atoms with van der Waals surface area (Å²) in [5, 5.41) is 16.6. The van der Waals surface area contributed by atoms with Crippen LogP contribution in [0.15, 0.2) is 12.1 Å². The largest absolute Gasteiger partial charge is 0.476 e. The van der Waals surface area contributed by atoms with E-state index in [2.05, 4.69) is 22.0 Å². The minimum absolute atomic E-state index is 0.00144. The first kappa shape index (κ1) is 12.8.